The van der Waals surface area contributed by atoms with Gasteiger partial charge in [-0.1, -0.05) is 17.7 Å². The molecule has 0 saturated heterocycles. The van der Waals surface area contributed by atoms with Gasteiger partial charge in [0.25, 0.3) is 5.69 Å². The Morgan fingerprint density at radius 1 is 0.688 bits per heavy atom. The van der Waals surface area contributed by atoms with Crippen LogP contribution in [0.4, 0.5) is 39.8 Å². The molecular weight excluding hydrogens is 402 g/mol. The minimum atomic E-state index is -0.444. The molecule has 0 heterocycles. The molecule has 4 aromatic carbocycles. The molecule has 0 saturated carbocycles. The van der Waals surface area contributed by atoms with E-state index in [4.69, 9.17) is 5.73 Å². The van der Waals surface area contributed by atoms with Crippen LogP contribution < -0.4 is 10.6 Å². The summed E-state index contributed by atoms with van der Waals surface area (Å²) in [6.45, 7) is 2.06. The van der Waals surface area contributed by atoms with Crippen LogP contribution in [0.5, 0.6) is 0 Å². The molecular formula is C25H21N5O2. The molecule has 0 aliphatic carbocycles. The molecule has 7 heteroatoms. The normalized spacial score (nSPS) is 10.9. The fraction of sp³-hybridized carbons (Fsp3) is 0.0400. The Morgan fingerprint density at radius 3 is 1.56 bits per heavy atom. The number of azo groups is 1. The molecule has 2 N–H and O–H groups in total. The van der Waals surface area contributed by atoms with Crippen LogP contribution in [0, 0.1) is 17.0 Å². The van der Waals surface area contributed by atoms with Gasteiger partial charge in [0.2, 0.25) is 0 Å². The van der Waals surface area contributed by atoms with Gasteiger partial charge in [0, 0.05) is 34.9 Å². The van der Waals surface area contributed by atoms with Crippen LogP contribution in [0.1, 0.15) is 5.56 Å². The van der Waals surface area contributed by atoms with Gasteiger partial charge in [0.05, 0.1) is 16.3 Å². The number of benzene rings is 4. The Hall–Kier alpha value is -4.52. The minimum Gasteiger partial charge on any atom is -0.399 e. The van der Waals surface area contributed by atoms with Crippen molar-refractivity contribution in [2.45, 2.75) is 6.92 Å². The van der Waals surface area contributed by atoms with Crippen molar-refractivity contribution in [3.8, 4) is 0 Å². The van der Waals surface area contributed by atoms with Gasteiger partial charge in [0.1, 0.15) is 0 Å². The predicted octanol–water partition coefficient (Wildman–Crippen LogP) is 7.37. The fourth-order valence-corrected chi connectivity index (χ4v) is 3.19. The third kappa shape index (κ3) is 4.79. The van der Waals surface area contributed by atoms with E-state index >= 15 is 0 Å². The van der Waals surface area contributed by atoms with Crippen molar-refractivity contribution in [3.63, 3.8) is 0 Å². The maximum atomic E-state index is 10.8. The third-order valence-corrected chi connectivity index (χ3v) is 4.89. The summed E-state index contributed by atoms with van der Waals surface area (Å²) in [6.07, 6.45) is 0. The molecule has 0 unspecified atom stereocenters. The van der Waals surface area contributed by atoms with Crippen LogP contribution in [-0.4, -0.2) is 4.92 Å². The van der Waals surface area contributed by atoms with E-state index < -0.39 is 4.92 Å². The summed E-state index contributed by atoms with van der Waals surface area (Å²) in [5.74, 6) is 0. The zero-order chi connectivity index (χ0) is 22.5. The first-order valence-electron chi connectivity index (χ1n) is 9.98. The highest BCUT2D eigenvalue weighted by molar-refractivity contribution is 5.77. The monoisotopic (exact) mass is 423 g/mol. The molecule has 0 spiro atoms. The number of hydrogen-bond donors (Lipinski definition) is 1. The molecule has 4 rings (SSSR count). The summed E-state index contributed by atoms with van der Waals surface area (Å²) in [7, 11) is 0. The summed E-state index contributed by atoms with van der Waals surface area (Å²) in [6, 6.07) is 29.7. The summed E-state index contributed by atoms with van der Waals surface area (Å²) in [5.41, 5.74) is 12.0. The van der Waals surface area contributed by atoms with Crippen molar-refractivity contribution in [1.82, 2.24) is 0 Å². The van der Waals surface area contributed by atoms with E-state index in [9.17, 15) is 10.1 Å². The van der Waals surface area contributed by atoms with Gasteiger partial charge in [-0.25, -0.2) is 0 Å². The highest BCUT2D eigenvalue weighted by atomic mass is 16.6. The number of anilines is 4. The maximum absolute atomic E-state index is 10.8. The third-order valence-electron chi connectivity index (χ3n) is 4.89. The Kier molecular flexibility index (Phi) is 5.89. The van der Waals surface area contributed by atoms with Crippen molar-refractivity contribution < 1.29 is 4.92 Å². The average molecular weight is 423 g/mol. The molecule has 0 aromatic heterocycles. The van der Waals surface area contributed by atoms with Crippen LogP contribution in [0.3, 0.4) is 0 Å². The minimum absolute atomic E-state index is 0.0205. The van der Waals surface area contributed by atoms with Gasteiger partial charge in [0.15, 0.2) is 0 Å². The average Bonchev–Trinajstić information content (AvgIpc) is 2.81. The first-order chi connectivity index (χ1) is 15.5. The molecule has 32 heavy (non-hydrogen) atoms. The summed E-state index contributed by atoms with van der Waals surface area (Å²) in [4.78, 5) is 12.4. The fourth-order valence-electron chi connectivity index (χ4n) is 3.19. The molecule has 4 aromatic rings. The van der Waals surface area contributed by atoms with Gasteiger partial charge < -0.3 is 10.6 Å². The van der Waals surface area contributed by atoms with Gasteiger partial charge in [-0.2, -0.15) is 10.2 Å². The maximum Gasteiger partial charge on any atom is 0.269 e. The largest absolute Gasteiger partial charge is 0.399 e. The Morgan fingerprint density at radius 2 is 1.09 bits per heavy atom. The number of aryl methyl sites for hydroxylation is 1. The smallest absolute Gasteiger partial charge is 0.269 e. The summed E-state index contributed by atoms with van der Waals surface area (Å²) in [5, 5.41) is 19.2. The first-order valence-corrected chi connectivity index (χ1v) is 9.98. The Labute approximate surface area is 185 Å². The van der Waals surface area contributed by atoms with Crippen molar-refractivity contribution >= 4 is 39.8 Å². The number of rotatable bonds is 6. The number of nitrogens with zero attached hydrogens (tertiary/aromatic N) is 4. The summed E-state index contributed by atoms with van der Waals surface area (Å²) < 4.78 is 0. The lowest BCUT2D eigenvalue weighted by molar-refractivity contribution is -0.384. The summed E-state index contributed by atoms with van der Waals surface area (Å²) >= 11 is 0. The first kappa shape index (κ1) is 20.7. The second kappa shape index (κ2) is 9.09. The Bertz CT molecular complexity index is 1190. The van der Waals surface area contributed by atoms with E-state index in [0.29, 0.717) is 17.1 Å². The molecule has 158 valence electrons. The van der Waals surface area contributed by atoms with E-state index in [1.54, 1.807) is 12.1 Å². The number of nitrogens with two attached hydrogens (primary N) is 1. The lowest BCUT2D eigenvalue weighted by Gasteiger charge is -2.25. The number of nitrogen functional groups attached to an aromatic ring is 1. The molecule has 0 atom stereocenters. The number of non-ortho nitro benzene ring substituents is 1. The van der Waals surface area contributed by atoms with E-state index in [-0.39, 0.29) is 5.69 Å². The number of hydrogen-bond acceptors (Lipinski definition) is 6. The molecule has 7 nitrogen and oxygen atoms in total. The zero-order valence-corrected chi connectivity index (χ0v) is 17.4. The standard InChI is InChI=1S/C25H21N5O2/c1-18-2-10-22(11-3-18)29(23-12-4-19(26)5-13-23)24-14-6-20(7-15-24)27-28-21-8-16-25(17-9-21)30(31)32/h2-17H,26H2,1H3. The van der Waals surface area contributed by atoms with E-state index in [1.807, 2.05) is 48.5 Å². The second-order valence-electron chi connectivity index (χ2n) is 7.25. The molecule has 0 aliphatic rings. The predicted molar refractivity (Wildman–Crippen MR) is 128 cm³/mol. The van der Waals surface area contributed by atoms with Gasteiger partial charge >= 0.3 is 0 Å². The SMILES string of the molecule is Cc1ccc(N(c2ccc(N)cc2)c2ccc(N=Nc3ccc([N+](=O)[O-])cc3)cc2)cc1. The molecule has 0 fully saturated rings. The highest BCUT2D eigenvalue weighted by Gasteiger charge is 2.12. The van der Waals surface area contributed by atoms with Crippen LogP contribution in [0.2, 0.25) is 0 Å². The lowest BCUT2D eigenvalue weighted by atomic mass is 10.1. The van der Waals surface area contributed by atoms with E-state index in [2.05, 4.69) is 46.3 Å². The van der Waals surface area contributed by atoms with Crippen LogP contribution in [0.15, 0.2) is 107 Å². The lowest BCUT2D eigenvalue weighted by Crippen LogP contribution is -2.09. The van der Waals surface area contributed by atoms with Gasteiger partial charge in [-0.3, -0.25) is 10.1 Å². The van der Waals surface area contributed by atoms with Crippen LogP contribution in [0.25, 0.3) is 0 Å². The van der Waals surface area contributed by atoms with Crippen molar-refractivity contribution in [3.05, 3.63) is 113 Å². The topological polar surface area (TPSA) is 97.1 Å². The van der Waals surface area contributed by atoms with Crippen LogP contribution >= 0.6 is 0 Å². The van der Waals surface area contributed by atoms with Crippen molar-refractivity contribution in [1.29, 1.82) is 0 Å². The molecule has 0 radical (unpaired) electrons. The zero-order valence-electron chi connectivity index (χ0n) is 17.4. The highest BCUT2D eigenvalue weighted by Crippen LogP contribution is 2.36. The molecule has 0 aliphatic heterocycles. The van der Waals surface area contributed by atoms with E-state index in [1.165, 1.54) is 17.7 Å². The van der Waals surface area contributed by atoms with Crippen LogP contribution in [-0.2, 0) is 0 Å². The van der Waals surface area contributed by atoms with Gasteiger partial charge in [-0.05, 0) is 79.7 Å². The second-order valence-corrected chi connectivity index (χ2v) is 7.25. The number of nitro benzene ring substituents is 1. The van der Waals surface area contributed by atoms with Crippen molar-refractivity contribution in [2.24, 2.45) is 10.2 Å². The van der Waals surface area contributed by atoms with E-state index in [0.717, 1.165) is 17.1 Å². The van der Waals surface area contributed by atoms with Crippen molar-refractivity contribution in [2.75, 3.05) is 10.6 Å². The molecule has 0 amide bonds. The Balaban J connectivity index is 1.60. The van der Waals surface area contributed by atoms with Gasteiger partial charge in [-0.15, -0.1) is 0 Å². The molecule has 0 bridgehead atoms. The quantitative estimate of drug-likeness (QED) is 0.151. The number of nitro groups is 1.